The second-order valence-corrected chi connectivity index (χ2v) is 5.78. The van der Waals surface area contributed by atoms with Gasteiger partial charge in [-0.25, -0.2) is 4.39 Å². The third-order valence-corrected chi connectivity index (χ3v) is 4.19. The summed E-state index contributed by atoms with van der Waals surface area (Å²) in [6.45, 7) is 7.54. The largest absolute Gasteiger partial charge is 0.395 e. The van der Waals surface area contributed by atoms with Crippen LogP contribution < -0.4 is 5.32 Å². The third-order valence-electron chi connectivity index (χ3n) is 4.19. The Bertz CT molecular complexity index is 449. The molecule has 21 heavy (non-hydrogen) atoms. The number of piperazine rings is 1. The lowest BCUT2D eigenvalue weighted by molar-refractivity contribution is 0.130. The number of hydrogen-bond donors (Lipinski definition) is 2. The molecule has 2 rings (SSSR count). The minimum absolute atomic E-state index is 0.134. The molecule has 0 radical (unpaired) electrons. The van der Waals surface area contributed by atoms with E-state index in [4.69, 9.17) is 0 Å². The molecule has 1 unspecified atom stereocenters. The Labute approximate surface area is 126 Å². The fourth-order valence-corrected chi connectivity index (χ4v) is 2.83. The standard InChI is InChI=1S/C16H26FN3O/c1-13-11-14(3-4-15(13)17)16(19(2)9-10-21)12-20-7-5-18-6-8-20/h3-4,11,16,18,21H,5-10,12H2,1-2H3. The molecule has 0 aromatic heterocycles. The number of hydrogen-bond acceptors (Lipinski definition) is 4. The number of aliphatic hydroxyl groups is 1. The molecule has 1 aromatic rings. The van der Waals surface area contributed by atoms with Crippen LogP contribution in [0.4, 0.5) is 4.39 Å². The van der Waals surface area contributed by atoms with Crippen LogP contribution >= 0.6 is 0 Å². The molecule has 4 nitrogen and oxygen atoms in total. The van der Waals surface area contributed by atoms with Crippen LogP contribution in [0.3, 0.4) is 0 Å². The number of likely N-dealkylation sites (N-methyl/N-ethyl adjacent to an activating group) is 1. The highest BCUT2D eigenvalue weighted by atomic mass is 19.1. The van der Waals surface area contributed by atoms with Gasteiger partial charge in [0.1, 0.15) is 5.82 Å². The topological polar surface area (TPSA) is 38.7 Å². The molecule has 1 atom stereocenters. The lowest BCUT2D eigenvalue weighted by Gasteiger charge is -2.35. The van der Waals surface area contributed by atoms with E-state index < -0.39 is 0 Å². The minimum atomic E-state index is -0.163. The van der Waals surface area contributed by atoms with Gasteiger partial charge in [-0.2, -0.15) is 0 Å². The number of aryl methyl sites for hydroxylation is 1. The molecule has 5 heteroatoms. The van der Waals surface area contributed by atoms with E-state index in [1.165, 1.54) is 0 Å². The van der Waals surface area contributed by atoms with Crippen molar-refractivity contribution in [2.45, 2.75) is 13.0 Å². The first-order valence-electron chi connectivity index (χ1n) is 7.62. The molecule has 0 bridgehead atoms. The van der Waals surface area contributed by atoms with Crippen LogP contribution in [-0.2, 0) is 0 Å². The average Bonchev–Trinajstić information content (AvgIpc) is 2.49. The molecule has 1 aliphatic heterocycles. The fraction of sp³-hybridized carbons (Fsp3) is 0.625. The van der Waals surface area contributed by atoms with E-state index in [1.54, 1.807) is 13.0 Å². The van der Waals surface area contributed by atoms with Crippen molar-refractivity contribution in [1.29, 1.82) is 0 Å². The Morgan fingerprint density at radius 3 is 2.71 bits per heavy atom. The van der Waals surface area contributed by atoms with Crippen molar-refractivity contribution in [1.82, 2.24) is 15.1 Å². The molecular formula is C16H26FN3O. The fourth-order valence-electron chi connectivity index (χ4n) is 2.83. The molecule has 0 aliphatic carbocycles. The first-order chi connectivity index (χ1) is 10.1. The summed E-state index contributed by atoms with van der Waals surface area (Å²) in [5.41, 5.74) is 1.79. The van der Waals surface area contributed by atoms with Crippen molar-refractivity contribution in [2.75, 3.05) is 52.9 Å². The van der Waals surface area contributed by atoms with Gasteiger partial charge in [0.05, 0.1) is 6.61 Å². The summed E-state index contributed by atoms with van der Waals surface area (Å²) in [6, 6.07) is 5.51. The Morgan fingerprint density at radius 1 is 1.38 bits per heavy atom. The van der Waals surface area contributed by atoms with Crippen LogP contribution in [0.25, 0.3) is 0 Å². The van der Waals surface area contributed by atoms with Crippen molar-refractivity contribution >= 4 is 0 Å². The van der Waals surface area contributed by atoms with E-state index in [0.29, 0.717) is 12.1 Å². The lowest BCUT2D eigenvalue weighted by Crippen LogP contribution is -2.47. The number of nitrogens with zero attached hydrogens (tertiary/aromatic N) is 2. The van der Waals surface area contributed by atoms with E-state index >= 15 is 0 Å². The number of benzene rings is 1. The van der Waals surface area contributed by atoms with Gasteiger partial charge in [-0.3, -0.25) is 9.80 Å². The van der Waals surface area contributed by atoms with Crippen LogP contribution in [0.5, 0.6) is 0 Å². The highest BCUT2D eigenvalue weighted by Crippen LogP contribution is 2.23. The quantitative estimate of drug-likeness (QED) is 0.821. The number of halogens is 1. The molecule has 0 spiro atoms. The Balaban J connectivity index is 2.15. The second-order valence-electron chi connectivity index (χ2n) is 5.78. The molecule has 1 aliphatic rings. The van der Waals surface area contributed by atoms with Crippen molar-refractivity contribution in [3.05, 3.63) is 35.1 Å². The SMILES string of the molecule is Cc1cc(C(CN2CCNCC2)N(C)CCO)ccc1F. The zero-order chi connectivity index (χ0) is 15.2. The van der Waals surface area contributed by atoms with Gasteiger partial charge < -0.3 is 10.4 Å². The van der Waals surface area contributed by atoms with Crippen LogP contribution in [-0.4, -0.2) is 67.8 Å². The van der Waals surface area contributed by atoms with E-state index in [0.717, 1.165) is 38.3 Å². The molecule has 0 saturated carbocycles. The van der Waals surface area contributed by atoms with Crippen molar-refractivity contribution in [2.24, 2.45) is 0 Å². The van der Waals surface area contributed by atoms with Gasteiger partial charge in [0.25, 0.3) is 0 Å². The van der Waals surface area contributed by atoms with Gasteiger partial charge in [-0.15, -0.1) is 0 Å². The summed E-state index contributed by atoms with van der Waals surface area (Å²) in [4.78, 5) is 4.57. The maximum Gasteiger partial charge on any atom is 0.126 e. The van der Waals surface area contributed by atoms with Crippen molar-refractivity contribution < 1.29 is 9.50 Å². The number of rotatable bonds is 6. The molecule has 1 heterocycles. The van der Waals surface area contributed by atoms with Crippen molar-refractivity contribution in [3.63, 3.8) is 0 Å². The Hall–Kier alpha value is -1.01. The summed E-state index contributed by atoms with van der Waals surface area (Å²) < 4.78 is 13.5. The van der Waals surface area contributed by atoms with Gasteiger partial charge >= 0.3 is 0 Å². The normalized spacial score (nSPS) is 18.1. The zero-order valence-electron chi connectivity index (χ0n) is 13.0. The number of nitrogens with one attached hydrogen (secondary N) is 1. The van der Waals surface area contributed by atoms with Crippen LogP contribution in [0.2, 0.25) is 0 Å². The molecule has 118 valence electrons. The van der Waals surface area contributed by atoms with Crippen LogP contribution in [0.15, 0.2) is 18.2 Å². The summed E-state index contributed by atoms with van der Waals surface area (Å²) >= 11 is 0. The predicted molar refractivity (Wildman–Crippen MR) is 82.9 cm³/mol. The third kappa shape index (κ3) is 4.48. The highest BCUT2D eigenvalue weighted by molar-refractivity contribution is 5.27. The molecule has 1 aromatic carbocycles. The summed E-state index contributed by atoms with van der Waals surface area (Å²) in [7, 11) is 2.02. The van der Waals surface area contributed by atoms with Crippen LogP contribution in [0, 0.1) is 12.7 Å². The lowest BCUT2D eigenvalue weighted by atomic mass is 10.0. The Morgan fingerprint density at radius 2 is 2.10 bits per heavy atom. The van der Waals surface area contributed by atoms with Gasteiger partial charge in [0, 0.05) is 45.3 Å². The van der Waals surface area contributed by atoms with E-state index in [1.807, 2.05) is 19.2 Å². The average molecular weight is 295 g/mol. The zero-order valence-corrected chi connectivity index (χ0v) is 13.0. The van der Waals surface area contributed by atoms with Gasteiger partial charge in [-0.05, 0) is 31.2 Å². The van der Waals surface area contributed by atoms with E-state index in [2.05, 4.69) is 15.1 Å². The molecule has 2 N–H and O–H groups in total. The first kappa shape index (κ1) is 16.4. The van der Waals surface area contributed by atoms with Gasteiger partial charge in [-0.1, -0.05) is 12.1 Å². The monoisotopic (exact) mass is 295 g/mol. The van der Waals surface area contributed by atoms with E-state index in [-0.39, 0.29) is 18.5 Å². The number of aliphatic hydroxyl groups excluding tert-OH is 1. The van der Waals surface area contributed by atoms with Crippen LogP contribution in [0.1, 0.15) is 17.2 Å². The minimum Gasteiger partial charge on any atom is -0.395 e. The molecule has 0 amide bonds. The van der Waals surface area contributed by atoms with E-state index in [9.17, 15) is 9.50 Å². The summed E-state index contributed by atoms with van der Waals surface area (Å²) in [5, 5.41) is 12.6. The first-order valence-corrected chi connectivity index (χ1v) is 7.62. The maximum atomic E-state index is 13.5. The van der Waals surface area contributed by atoms with Gasteiger partial charge in [0.15, 0.2) is 0 Å². The summed E-state index contributed by atoms with van der Waals surface area (Å²) in [6.07, 6.45) is 0. The Kier molecular flexibility index (Phi) is 6.11. The second kappa shape index (κ2) is 7.84. The van der Waals surface area contributed by atoms with Crippen molar-refractivity contribution in [3.8, 4) is 0 Å². The molecule has 1 fully saturated rings. The predicted octanol–water partition coefficient (Wildman–Crippen LogP) is 1.00. The van der Waals surface area contributed by atoms with Gasteiger partial charge in [0.2, 0.25) is 0 Å². The highest BCUT2D eigenvalue weighted by Gasteiger charge is 2.22. The molecular weight excluding hydrogens is 269 g/mol. The smallest absolute Gasteiger partial charge is 0.126 e. The maximum absolute atomic E-state index is 13.5. The summed E-state index contributed by atoms with van der Waals surface area (Å²) in [5.74, 6) is -0.163. The molecule has 1 saturated heterocycles.